The molecule has 2 N–H and O–H groups in total. The summed E-state index contributed by atoms with van der Waals surface area (Å²) in [5.41, 5.74) is 0. The maximum absolute atomic E-state index is 10.5. The summed E-state index contributed by atoms with van der Waals surface area (Å²) in [6.07, 6.45) is 3.48. The number of unbranched alkanes of at least 4 members (excludes halogenated alkanes) is 2. The molecule has 0 radical (unpaired) electrons. The number of aliphatic carboxylic acids is 1. The molecule has 4 heteroatoms. The molecule has 10 fully saturated rings. The molecule has 0 aromatic rings. The molecule has 0 amide bonds. The zero-order chi connectivity index (χ0) is 13.5. The monoisotopic (exact) mass is 329 g/mol. The van der Waals surface area contributed by atoms with Crippen LogP contribution in [0.3, 0.4) is 0 Å². The Morgan fingerprint density at radius 1 is 0.952 bits per heavy atom. The molecule has 4 atom stereocenters. The molecule has 21 heavy (non-hydrogen) atoms. The summed E-state index contributed by atoms with van der Waals surface area (Å²) in [4.78, 5) is 23.5. The minimum atomic E-state index is -2.79. The van der Waals surface area contributed by atoms with Gasteiger partial charge in [-0.3, -0.25) is 0 Å². The summed E-state index contributed by atoms with van der Waals surface area (Å²) >= 11 is 0. The number of nitrogens with one attached hydrogen (secondary N) is 1. The predicted molar refractivity (Wildman–Crippen MR) is 75.4 cm³/mol. The van der Waals surface area contributed by atoms with Gasteiger partial charge in [-0.1, -0.05) is 0 Å². The van der Waals surface area contributed by atoms with Crippen molar-refractivity contribution >= 4 is 5.97 Å². The summed E-state index contributed by atoms with van der Waals surface area (Å²) in [6.45, 7) is -0.208. The molecule has 10 aliphatic heterocycles. The molecule has 10 aliphatic rings. The van der Waals surface area contributed by atoms with E-state index in [-0.39, 0.29) is 0 Å². The van der Waals surface area contributed by atoms with Crippen LogP contribution in [0.5, 0.6) is 0 Å². The van der Waals surface area contributed by atoms with E-state index in [1.54, 1.807) is 0 Å². The normalized spacial score (nSPS) is 98.6. The van der Waals surface area contributed by atoms with Gasteiger partial charge < -0.3 is 0 Å². The fourth-order valence-electron chi connectivity index (χ4n) is 18.1. The van der Waals surface area contributed by atoms with Gasteiger partial charge >= 0.3 is 114 Å². The van der Waals surface area contributed by atoms with E-state index in [4.69, 9.17) is 5.11 Å². The van der Waals surface area contributed by atoms with Crippen LogP contribution in [-0.4, -0.2) is 24.2 Å². The van der Waals surface area contributed by atoms with E-state index in [1.807, 2.05) is 0 Å². The fourth-order valence-corrected chi connectivity index (χ4v) is 92.9. The fraction of sp³-hybridized carbons (Fsp3) is 0.941. The molecule has 0 aromatic heterocycles. The Labute approximate surface area is 114 Å². The molecule has 0 bridgehead atoms. The summed E-state index contributed by atoms with van der Waals surface area (Å²) in [5.74, 6) is -0.638. The van der Waals surface area contributed by atoms with Gasteiger partial charge in [0.25, 0.3) is 0 Å². The molecular formula is C17H23FeNO2. The van der Waals surface area contributed by atoms with Crippen molar-refractivity contribution in [1.82, 2.24) is 5.32 Å². The number of carbonyl (C=O) groups is 1. The molecule has 10 saturated heterocycles. The van der Waals surface area contributed by atoms with Gasteiger partial charge in [-0.2, -0.15) is 0 Å². The molecule has 0 aliphatic carbocycles. The minimum absolute atomic E-state index is 0.354. The van der Waals surface area contributed by atoms with Crippen LogP contribution in [-0.2, 0) is 11.3 Å². The third kappa shape index (κ3) is 0.128. The van der Waals surface area contributed by atoms with Gasteiger partial charge in [0.2, 0.25) is 0 Å². The SMILES string of the molecule is O=C(O)CCCCCNC[C]12[CH]3[CH]4[CH]5[CH]1[Fe]45321678[CH]2[CH]1[CH]6[CH]7[CH]28. The van der Waals surface area contributed by atoms with Crippen LogP contribution < -0.4 is 5.32 Å². The Kier molecular flexibility index (Phi) is 0.410. The third-order valence-electron chi connectivity index (χ3n) is 16.6. The Balaban J connectivity index is 0.945. The zero-order valence-corrected chi connectivity index (χ0v) is 13.3. The Bertz CT molecular complexity index is 965. The van der Waals surface area contributed by atoms with Crippen LogP contribution >= 0.6 is 0 Å². The van der Waals surface area contributed by atoms with E-state index in [9.17, 15) is 4.79 Å². The van der Waals surface area contributed by atoms with Crippen LogP contribution in [0.15, 0.2) is 0 Å². The second-order valence-electron chi connectivity index (χ2n) is 12.2. The summed E-state index contributed by atoms with van der Waals surface area (Å²) in [6, 6.07) is 0. The summed E-state index contributed by atoms with van der Waals surface area (Å²) in [7, 11) is 0. The average Bonchev–Trinajstić information content (AvgIpc) is 3.39. The number of carboxylic acids is 1. The molecule has 10 heterocycles. The van der Waals surface area contributed by atoms with Gasteiger partial charge in [-0.15, -0.1) is 0 Å². The van der Waals surface area contributed by atoms with Crippen LogP contribution in [0, 0.1) is 0 Å². The van der Waals surface area contributed by atoms with E-state index in [2.05, 4.69) is 5.32 Å². The standard InChI is InChI=1S/C12H18NO2.C5H5.Fe/c14-12(15)8-2-1-5-9-13-10-11-6-3-4-7-11;1-2-4-5-3-1;/h3-4,6-7,13H,1-2,5,8-10H2,(H,14,15);1-5H;. The van der Waals surface area contributed by atoms with Crippen molar-refractivity contribution in [3.63, 3.8) is 0 Å². The van der Waals surface area contributed by atoms with Crippen molar-refractivity contribution < 1.29 is 16.4 Å². The van der Waals surface area contributed by atoms with Crippen LogP contribution in [0.25, 0.3) is 0 Å². The van der Waals surface area contributed by atoms with E-state index in [0.717, 1.165) is 23.7 Å². The first-order chi connectivity index (χ1) is 9.96. The van der Waals surface area contributed by atoms with Gasteiger partial charge in [0.05, 0.1) is 0 Å². The number of carboxylic acid groups (broad SMARTS) is 1. The second-order valence-corrected chi connectivity index (χ2v) is 35.9. The van der Waals surface area contributed by atoms with Gasteiger partial charge in [0, 0.05) is 0 Å². The van der Waals surface area contributed by atoms with Gasteiger partial charge in [0.1, 0.15) is 0 Å². The van der Waals surface area contributed by atoms with Gasteiger partial charge in [-0.25, -0.2) is 0 Å². The summed E-state index contributed by atoms with van der Waals surface area (Å²) in [5, 5.41) is 12.5. The average molecular weight is 329 g/mol. The quantitative estimate of drug-likeness (QED) is 0.523. The number of hydrogen-bond acceptors (Lipinski definition) is 2. The third-order valence-corrected chi connectivity index (χ3v) is 59.6. The maximum atomic E-state index is 10.5. The molecular weight excluding hydrogens is 306 g/mol. The molecule has 0 aromatic carbocycles. The predicted octanol–water partition coefficient (Wildman–Crippen LogP) is 3.98. The van der Waals surface area contributed by atoms with Crippen LogP contribution in [0.2, 0.25) is 47.7 Å². The van der Waals surface area contributed by atoms with E-state index < -0.39 is 12.5 Å². The molecule has 0 saturated carbocycles. The molecule has 4 unspecified atom stereocenters. The molecule has 10 rings (SSSR count). The van der Waals surface area contributed by atoms with Crippen LogP contribution in [0.4, 0.5) is 0 Å². The molecule has 3 nitrogen and oxygen atoms in total. The van der Waals surface area contributed by atoms with Crippen molar-refractivity contribution in [2.24, 2.45) is 0 Å². The van der Waals surface area contributed by atoms with Crippen molar-refractivity contribution in [3.8, 4) is 0 Å². The molecule has 116 valence electrons. The van der Waals surface area contributed by atoms with E-state index in [0.29, 0.717) is 6.42 Å². The van der Waals surface area contributed by atoms with Crippen molar-refractivity contribution in [1.29, 1.82) is 0 Å². The van der Waals surface area contributed by atoms with Crippen molar-refractivity contribution in [3.05, 3.63) is 0 Å². The number of hydrogen-bond donors (Lipinski definition) is 2. The van der Waals surface area contributed by atoms with Gasteiger partial charge in [-0.05, 0) is 0 Å². The van der Waals surface area contributed by atoms with Crippen molar-refractivity contribution in [2.75, 3.05) is 13.1 Å². The first-order valence-electron chi connectivity index (χ1n) is 9.10. The van der Waals surface area contributed by atoms with Crippen molar-refractivity contribution in [2.45, 2.75) is 73.3 Å². The Hall–Kier alpha value is -0.0505. The molecule has 1 spiro atoms. The van der Waals surface area contributed by atoms with Crippen LogP contribution in [0.1, 0.15) is 25.7 Å². The zero-order valence-electron chi connectivity index (χ0n) is 12.1. The Morgan fingerprint density at radius 2 is 1.57 bits per heavy atom. The van der Waals surface area contributed by atoms with E-state index >= 15 is 0 Å². The number of rotatable bonds is 8. The van der Waals surface area contributed by atoms with Gasteiger partial charge in [0.15, 0.2) is 0 Å². The van der Waals surface area contributed by atoms with E-state index in [1.165, 1.54) is 56.3 Å². The first-order valence-corrected chi connectivity index (χ1v) is 15.4. The first kappa shape index (κ1) is 9.30. The summed E-state index contributed by atoms with van der Waals surface area (Å²) < 4.78 is 1.03. The number of fused-ring (bicyclic) bond motifs is 10. The topological polar surface area (TPSA) is 49.3 Å². The Morgan fingerprint density at radius 3 is 2.00 bits per heavy atom. The second kappa shape index (κ2) is 0.926.